The Morgan fingerprint density at radius 2 is 2.25 bits per heavy atom. The first kappa shape index (κ1) is 11.9. The minimum atomic E-state index is 0.316. The van der Waals surface area contributed by atoms with E-state index in [9.17, 15) is 5.11 Å². The second-order valence-electron chi connectivity index (χ2n) is 4.37. The number of nitrogens with one attached hydrogen (secondary N) is 1. The van der Waals surface area contributed by atoms with Crippen LogP contribution in [0.25, 0.3) is 0 Å². The molecular weight excluding hydrogens is 266 g/mol. The molecule has 1 aromatic rings. The zero-order valence-electron chi connectivity index (χ0n) is 9.59. The van der Waals surface area contributed by atoms with E-state index >= 15 is 0 Å². The minimum absolute atomic E-state index is 0.316. The Bertz CT molecular complexity index is 372. The van der Waals surface area contributed by atoms with Gasteiger partial charge in [0.2, 0.25) is 0 Å². The van der Waals surface area contributed by atoms with E-state index in [1.165, 1.54) is 18.4 Å². The van der Waals surface area contributed by atoms with Gasteiger partial charge in [-0.3, -0.25) is 0 Å². The summed E-state index contributed by atoms with van der Waals surface area (Å²) < 4.78 is 0.814. The number of aromatic hydroxyl groups is 1. The summed E-state index contributed by atoms with van der Waals surface area (Å²) >= 11 is 3.43. The van der Waals surface area contributed by atoms with Crippen molar-refractivity contribution in [2.75, 3.05) is 6.54 Å². The topological polar surface area (TPSA) is 32.3 Å². The summed E-state index contributed by atoms with van der Waals surface area (Å²) in [5.74, 6) is 0.400. The van der Waals surface area contributed by atoms with E-state index < -0.39 is 0 Å². The number of rotatable bonds is 2. The molecular formula is C13H18BrNO. The summed E-state index contributed by atoms with van der Waals surface area (Å²) in [5, 5.41) is 13.6. The summed E-state index contributed by atoms with van der Waals surface area (Å²) in [6.07, 6.45) is 4.60. The van der Waals surface area contributed by atoms with Crippen LogP contribution in [-0.2, 0) is 6.42 Å². The van der Waals surface area contributed by atoms with Gasteiger partial charge in [0.05, 0.1) is 4.47 Å². The van der Waals surface area contributed by atoms with Crippen LogP contribution in [0.4, 0.5) is 0 Å². The maximum atomic E-state index is 10.1. The van der Waals surface area contributed by atoms with Crippen LogP contribution in [0.3, 0.4) is 0 Å². The highest BCUT2D eigenvalue weighted by atomic mass is 79.9. The molecule has 0 aromatic heterocycles. The van der Waals surface area contributed by atoms with Crippen LogP contribution in [0.5, 0.6) is 5.75 Å². The molecule has 0 amide bonds. The van der Waals surface area contributed by atoms with Gasteiger partial charge in [0.1, 0.15) is 5.75 Å². The fourth-order valence-corrected chi connectivity index (χ4v) is 2.79. The van der Waals surface area contributed by atoms with Gasteiger partial charge in [0.25, 0.3) is 0 Å². The van der Waals surface area contributed by atoms with Crippen molar-refractivity contribution in [2.24, 2.45) is 0 Å². The molecule has 2 rings (SSSR count). The number of phenolic OH excluding ortho intramolecular Hbond substituents is 1. The SMILES string of the molecule is CCc1cc(Br)c(O)c(C2CCCCN2)c1. The van der Waals surface area contributed by atoms with E-state index in [0.717, 1.165) is 29.4 Å². The van der Waals surface area contributed by atoms with E-state index in [1.807, 2.05) is 6.07 Å². The average molecular weight is 284 g/mol. The van der Waals surface area contributed by atoms with E-state index in [2.05, 4.69) is 34.2 Å². The molecule has 16 heavy (non-hydrogen) atoms. The number of piperidine rings is 1. The standard InChI is InChI=1S/C13H18BrNO/c1-2-9-7-10(13(16)11(14)8-9)12-5-3-4-6-15-12/h7-8,12,15-16H,2-6H2,1H3. The molecule has 2 nitrogen and oxygen atoms in total. The Hall–Kier alpha value is -0.540. The summed E-state index contributed by atoms with van der Waals surface area (Å²) in [5.41, 5.74) is 2.32. The summed E-state index contributed by atoms with van der Waals surface area (Å²) in [6.45, 7) is 3.19. The Morgan fingerprint density at radius 1 is 1.44 bits per heavy atom. The predicted octanol–water partition coefficient (Wildman–Crippen LogP) is 3.53. The monoisotopic (exact) mass is 283 g/mol. The Morgan fingerprint density at radius 3 is 2.88 bits per heavy atom. The first-order valence-corrected chi connectivity index (χ1v) is 6.76. The molecule has 1 fully saturated rings. The van der Waals surface area contributed by atoms with Crippen LogP contribution >= 0.6 is 15.9 Å². The lowest BCUT2D eigenvalue weighted by Crippen LogP contribution is -2.26. The highest BCUT2D eigenvalue weighted by molar-refractivity contribution is 9.10. The zero-order chi connectivity index (χ0) is 11.5. The molecule has 88 valence electrons. The minimum Gasteiger partial charge on any atom is -0.506 e. The highest BCUT2D eigenvalue weighted by Crippen LogP contribution is 2.36. The largest absolute Gasteiger partial charge is 0.506 e. The van der Waals surface area contributed by atoms with Crippen molar-refractivity contribution in [1.29, 1.82) is 0 Å². The van der Waals surface area contributed by atoms with Crippen LogP contribution in [0.15, 0.2) is 16.6 Å². The smallest absolute Gasteiger partial charge is 0.134 e. The number of aryl methyl sites for hydroxylation is 1. The summed E-state index contributed by atoms with van der Waals surface area (Å²) in [6, 6.07) is 4.45. The van der Waals surface area contributed by atoms with E-state index in [1.54, 1.807) is 0 Å². The van der Waals surface area contributed by atoms with E-state index in [4.69, 9.17) is 0 Å². The fraction of sp³-hybridized carbons (Fsp3) is 0.538. The maximum Gasteiger partial charge on any atom is 0.134 e. The van der Waals surface area contributed by atoms with Crippen LogP contribution < -0.4 is 5.32 Å². The third-order valence-corrected chi connectivity index (χ3v) is 3.85. The molecule has 1 saturated heterocycles. The van der Waals surface area contributed by atoms with Crippen LogP contribution in [0, 0.1) is 0 Å². The van der Waals surface area contributed by atoms with Crippen molar-refractivity contribution in [3.63, 3.8) is 0 Å². The molecule has 1 aliphatic heterocycles. The van der Waals surface area contributed by atoms with Gasteiger partial charge in [-0.1, -0.05) is 19.4 Å². The van der Waals surface area contributed by atoms with Crippen molar-refractivity contribution in [2.45, 2.75) is 38.6 Å². The first-order valence-electron chi connectivity index (χ1n) is 5.97. The molecule has 0 aliphatic carbocycles. The second kappa shape index (κ2) is 5.19. The van der Waals surface area contributed by atoms with Crippen molar-refractivity contribution in [3.8, 4) is 5.75 Å². The Kier molecular flexibility index (Phi) is 3.87. The number of halogens is 1. The predicted molar refractivity (Wildman–Crippen MR) is 69.8 cm³/mol. The lowest BCUT2D eigenvalue weighted by Gasteiger charge is -2.25. The third kappa shape index (κ3) is 2.41. The quantitative estimate of drug-likeness (QED) is 0.870. The normalized spacial score (nSPS) is 21.0. The van der Waals surface area contributed by atoms with Gasteiger partial charge in [0, 0.05) is 11.6 Å². The van der Waals surface area contributed by atoms with Crippen LogP contribution in [-0.4, -0.2) is 11.7 Å². The van der Waals surface area contributed by atoms with Gasteiger partial charge in [-0.15, -0.1) is 0 Å². The number of phenols is 1. The average Bonchev–Trinajstić information content (AvgIpc) is 2.33. The zero-order valence-corrected chi connectivity index (χ0v) is 11.2. The molecule has 1 aliphatic rings. The fourth-order valence-electron chi connectivity index (χ4n) is 2.27. The number of hydrogen-bond acceptors (Lipinski definition) is 2. The van der Waals surface area contributed by atoms with Crippen molar-refractivity contribution in [3.05, 3.63) is 27.7 Å². The molecule has 1 atom stereocenters. The maximum absolute atomic E-state index is 10.1. The Balaban J connectivity index is 2.33. The van der Waals surface area contributed by atoms with Crippen molar-refractivity contribution >= 4 is 15.9 Å². The summed E-state index contributed by atoms with van der Waals surface area (Å²) in [7, 11) is 0. The third-order valence-electron chi connectivity index (χ3n) is 3.25. The molecule has 2 N–H and O–H groups in total. The van der Waals surface area contributed by atoms with E-state index in [-0.39, 0.29) is 0 Å². The first-order chi connectivity index (χ1) is 7.72. The van der Waals surface area contributed by atoms with Crippen LogP contribution in [0.2, 0.25) is 0 Å². The van der Waals surface area contributed by atoms with Gasteiger partial charge in [-0.25, -0.2) is 0 Å². The van der Waals surface area contributed by atoms with Gasteiger partial charge >= 0.3 is 0 Å². The number of benzene rings is 1. The van der Waals surface area contributed by atoms with Crippen LogP contribution in [0.1, 0.15) is 43.4 Å². The molecule has 3 heteroatoms. The number of hydrogen-bond donors (Lipinski definition) is 2. The van der Waals surface area contributed by atoms with Crippen molar-refractivity contribution < 1.29 is 5.11 Å². The molecule has 1 aromatic carbocycles. The lowest BCUT2D eigenvalue weighted by molar-refractivity contribution is 0.389. The van der Waals surface area contributed by atoms with Gasteiger partial charge in [-0.2, -0.15) is 0 Å². The summed E-state index contributed by atoms with van der Waals surface area (Å²) in [4.78, 5) is 0. The van der Waals surface area contributed by atoms with Gasteiger partial charge in [0.15, 0.2) is 0 Å². The molecule has 0 saturated carbocycles. The van der Waals surface area contributed by atoms with Crippen molar-refractivity contribution in [1.82, 2.24) is 5.32 Å². The van der Waals surface area contributed by atoms with Gasteiger partial charge in [-0.05, 0) is 53.4 Å². The lowest BCUT2D eigenvalue weighted by atomic mass is 9.95. The molecule has 0 bridgehead atoms. The molecule has 0 spiro atoms. The molecule has 1 unspecified atom stereocenters. The van der Waals surface area contributed by atoms with E-state index in [0.29, 0.717) is 11.8 Å². The molecule has 1 heterocycles. The second-order valence-corrected chi connectivity index (χ2v) is 5.23. The van der Waals surface area contributed by atoms with Gasteiger partial charge < -0.3 is 10.4 Å². The highest BCUT2D eigenvalue weighted by Gasteiger charge is 2.19. The molecule has 0 radical (unpaired) electrons. The Labute approximate surface area is 105 Å².